The number of hydrogen-bond donors (Lipinski definition) is 1. The van der Waals surface area contributed by atoms with Gasteiger partial charge in [-0.25, -0.2) is 4.98 Å². The summed E-state index contributed by atoms with van der Waals surface area (Å²) < 4.78 is 5.22. The maximum Gasteiger partial charge on any atom is 0.290 e. The van der Waals surface area contributed by atoms with Gasteiger partial charge in [-0.05, 0) is 19.4 Å². The first-order valence-electron chi connectivity index (χ1n) is 5.12. The molecular weight excluding hydrogens is 210 g/mol. The standard InChI is InChI=1S/C10H13N3O3/c1-7-4-10(11-5-9(7)13(14)15)12-8-2-3-16-6-8/h4-5,8H,2-3,6H2,1H3,(H,11,12). The van der Waals surface area contributed by atoms with Gasteiger partial charge in [-0.1, -0.05) is 0 Å². The molecule has 0 radical (unpaired) electrons. The summed E-state index contributed by atoms with van der Waals surface area (Å²) in [6.07, 6.45) is 2.23. The third-order valence-electron chi connectivity index (χ3n) is 2.56. The lowest BCUT2D eigenvalue weighted by Crippen LogP contribution is -2.19. The second kappa shape index (κ2) is 4.44. The third kappa shape index (κ3) is 2.27. The first-order chi connectivity index (χ1) is 7.66. The normalized spacial score (nSPS) is 19.7. The molecule has 6 heteroatoms. The Bertz CT molecular complexity index is 402. The van der Waals surface area contributed by atoms with Gasteiger partial charge < -0.3 is 10.1 Å². The van der Waals surface area contributed by atoms with Gasteiger partial charge in [0.2, 0.25) is 0 Å². The van der Waals surface area contributed by atoms with Crippen molar-refractivity contribution in [3.63, 3.8) is 0 Å². The lowest BCUT2D eigenvalue weighted by Gasteiger charge is -2.11. The smallest absolute Gasteiger partial charge is 0.290 e. The highest BCUT2D eigenvalue weighted by atomic mass is 16.6. The Balaban J connectivity index is 2.11. The van der Waals surface area contributed by atoms with E-state index >= 15 is 0 Å². The largest absolute Gasteiger partial charge is 0.379 e. The zero-order valence-electron chi connectivity index (χ0n) is 8.97. The van der Waals surface area contributed by atoms with Gasteiger partial charge >= 0.3 is 0 Å². The Morgan fingerprint density at radius 1 is 1.69 bits per heavy atom. The summed E-state index contributed by atoms with van der Waals surface area (Å²) in [4.78, 5) is 14.2. The van der Waals surface area contributed by atoms with Crippen LogP contribution in [0.3, 0.4) is 0 Å². The van der Waals surface area contributed by atoms with Crippen LogP contribution in [0.2, 0.25) is 0 Å². The van der Waals surface area contributed by atoms with Crippen molar-refractivity contribution in [2.24, 2.45) is 0 Å². The Hall–Kier alpha value is -1.69. The summed E-state index contributed by atoms with van der Waals surface area (Å²) in [5, 5.41) is 13.8. The monoisotopic (exact) mass is 223 g/mol. The summed E-state index contributed by atoms with van der Waals surface area (Å²) in [5.41, 5.74) is 0.662. The van der Waals surface area contributed by atoms with E-state index in [1.165, 1.54) is 6.20 Å². The molecule has 0 aromatic carbocycles. The van der Waals surface area contributed by atoms with Crippen molar-refractivity contribution in [1.82, 2.24) is 4.98 Å². The van der Waals surface area contributed by atoms with Crippen LogP contribution in [0.4, 0.5) is 11.5 Å². The van der Waals surface area contributed by atoms with Gasteiger partial charge in [0, 0.05) is 12.2 Å². The highest BCUT2D eigenvalue weighted by Crippen LogP contribution is 2.20. The second-order valence-electron chi connectivity index (χ2n) is 3.82. The maximum absolute atomic E-state index is 10.6. The maximum atomic E-state index is 10.6. The summed E-state index contributed by atoms with van der Waals surface area (Å²) in [5.74, 6) is 0.665. The molecule has 1 fully saturated rings. The molecule has 2 heterocycles. The molecule has 1 aromatic rings. The molecular formula is C10H13N3O3. The fraction of sp³-hybridized carbons (Fsp3) is 0.500. The highest BCUT2D eigenvalue weighted by Gasteiger charge is 2.17. The second-order valence-corrected chi connectivity index (χ2v) is 3.82. The fourth-order valence-electron chi connectivity index (χ4n) is 1.68. The van der Waals surface area contributed by atoms with E-state index in [1.807, 2.05) is 0 Å². The summed E-state index contributed by atoms with van der Waals surface area (Å²) in [6, 6.07) is 1.95. The van der Waals surface area contributed by atoms with Crippen LogP contribution in [0, 0.1) is 17.0 Å². The molecule has 0 saturated carbocycles. The van der Waals surface area contributed by atoms with Crippen LogP contribution < -0.4 is 5.32 Å². The van der Waals surface area contributed by atoms with Crippen LogP contribution >= 0.6 is 0 Å². The van der Waals surface area contributed by atoms with Gasteiger partial charge in [0.25, 0.3) is 5.69 Å². The predicted molar refractivity (Wildman–Crippen MR) is 58.5 cm³/mol. The minimum atomic E-state index is -0.426. The Labute approximate surface area is 92.8 Å². The summed E-state index contributed by atoms with van der Waals surface area (Å²) in [7, 11) is 0. The van der Waals surface area contributed by atoms with Crippen LogP contribution in [0.25, 0.3) is 0 Å². The van der Waals surface area contributed by atoms with Gasteiger partial charge in [-0.15, -0.1) is 0 Å². The Kier molecular flexibility index (Phi) is 3.00. The Morgan fingerprint density at radius 3 is 3.06 bits per heavy atom. The number of nitrogens with one attached hydrogen (secondary N) is 1. The number of nitro groups is 1. The molecule has 1 atom stereocenters. The van der Waals surface area contributed by atoms with Gasteiger partial charge in [-0.3, -0.25) is 10.1 Å². The Morgan fingerprint density at radius 2 is 2.50 bits per heavy atom. The van der Waals surface area contributed by atoms with Crippen LogP contribution in [0.5, 0.6) is 0 Å². The lowest BCUT2D eigenvalue weighted by molar-refractivity contribution is -0.385. The van der Waals surface area contributed by atoms with Crippen LogP contribution in [-0.2, 0) is 4.74 Å². The molecule has 86 valence electrons. The first kappa shape index (κ1) is 10.8. The zero-order chi connectivity index (χ0) is 11.5. The minimum Gasteiger partial charge on any atom is -0.379 e. The quantitative estimate of drug-likeness (QED) is 0.620. The van der Waals surface area contributed by atoms with E-state index in [4.69, 9.17) is 4.74 Å². The van der Waals surface area contributed by atoms with E-state index in [2.05, 4.69) is 10.3 Å². The predicted octanol–water partition coefficient (Wildman–Crippen LogP) is 1.50. The molecule has 1 aliphatic rings. The van der Waals surface area contributed by atoms with E-state index in [0.717, 1.165) is 13.0 Å². The van der Waals surface area contributed by atoms with Gasteiger partial charge in [-0.2, -0.15) is 0 Å². The minimum absolute atomic E-state index is 0.0493. The van der Waals surface area contributed by atoms with Crippen LogP contribution in [0.15, 0.2) is 12.3 Å². The molecule has 6 nitrogen and oxygen atoms in total. The molecule has 1 saturated heterocycles. The highest BCUT2D eigenvalue weighted by molar-refractivity contribution is 5.47. The molecule has 0 bridgehead atoms. The molecule has 16 heavy (non-hydrogen) atoms. The van der Waals surface area contributed by atoms with E-state index in [9.17, 15) is 10.1 Å². The molecule has 1 aromatic heterocycles. The topological polar surface area (TPSA) is 77.3 Å². The molecule has 0 aliphatic carbocycles. The number of hydrogen-bond acceptors (Lipinski definition) is 5. The average molecular weight is 223 g/mol. The van der Waals surface area contributed by atoms with Crippen LogP contribution in [-0.4, -0.2) is 29.2 Å². The molecule has 1 N–H and O–H groups in total. The van der Waals surface area contributed by atoms with Gasteiger partial charge in [0.15, 0.2) is 0 Å². The fourth-order valence-corrected chi connectivity index (χ4v) is 1.68. The number of ether oxygens (including phenoxy) is 1. The van der Waals surface area contributed by atoms with Gasteiger partial charge in [0.1, 0.15) is 12.0 Å². The number of aromatic nitrogens is 1. The number of rotatable bonds is 3. The van der Waals surface area contributed by atoms with Crippen molar-refractivity contribution in [3.8, 4) is 0 Å². The number of pyridine rings is 1. The van der Waals surface area contributed by atoms with Crippen molar-refractivity contribution >= 4 is 11.5 Å². The third-order valence-corrected chi connectivity index (χ3v) is 2.56. The van der Waals surface area contributed by atoms with E-state index in [1.54, 1.807) is 13.0 Å². The van der Waals surface area contributed by atoms with Crippen molar-refractivity contribution in [1.29, 1.82) is 0 Å². The summed E-state index contributed by atoms with van der Waals surface area (Å²) in [6.45, 7) is 3.12. The SMILES string of the molecule is Cc1cc(NC2CCOC2)ncc1[N+](=O)[O-]. The van der Waals surface area contributed by atoms with Crippen molar-refractivity contribution in [2.75, 3.05) is 18.5 Å². The molecule has 1 aliphatic heterocycles. The van der Waals surface area contributed by atoms with E-state index in [0.29, 0.717) is 18.0 Å². The molecule has 1 unspecified atom stereocenters. The molecule has 2 rings (SSSR count). The van der Waals surface area contributed by atoms with Crippen LogP contribution in [0.1, 0.15) is 12.0 Å². The number of aryl methyl sites for hydroxylation is 1. The van der Waals surface area contributed by atoms with Gasteiger partial charge in [0.05, 0.1) is 17.6 Å². The van der Waals surface area contributed by atoms with E-state index in [-0.39, 0.29) is 11.7 Å². The van der Waals surface area contributed by atoms with Crippen molar-refractivity contribution in [2.45, 2.75) is 19.4 Å². The number of nitrogens with zero attached hydrogens (tertiary/aromatic N) is 2. The summed E-state index contributed by atoms with van der Waals surface area (Å²) >= 11 is 0. The zero-order valence-corrected chi connectivity index (χ0v) is 8.97. The van der Waals surface area contributed by atoms with Crippen molar-refractivity contribution < 1.29 is 9.66 Å². The van der Waals surface area contributed by atoms with Crippen molar-refractivity contribution in [3.05, 3.63) is 27.9 Å². The number of anilines is 1. The van der Waals surface area contributed by atoms with E-state index < -0.39 is 4.92 Å². The first-order valence-corrected chi connectivity index (χ1v) is 5.12. The average Bonchev–Trinajstić information content (AvgIpc) is 2.70. The molecule has 0 amide bonds. The lowest BCUT2D eigenvalue weighted by atomic mass is 10.2. The molecule has 0 spiro atoms.